The van der Waals surface area contributed by atoms with Crippen LogP contribution in [0.1, 0.15) is 31.2 Å². The Balaban J connectivity index is 2.25. The lowest BCUT2D eigenvalue weighted by Crippen LogP contribution is -2.29. The molecule has 0 radical (unpaired) electrons. The molecule has 0 atom stereocenters. The standard InChI is InChI=1S/C14H20N2O3/c1-19-13-5-4-11(8-12(13)16(17)18)9-14(10-15)6-2-3-7-14/h4-5,8H,2-3,6-7,9-10,15H2,1H3. The summed E-state index contributed by atoms with van der Waals surface area (Å²) in [7, 11) is 1.44. The van der Waals surface area contributed by atoms with Crippen LogP contribution in [0.3, 0.4) is 0 Å². The molecule has 5 heteroatoms. The normalized spacial score (nSPS) is 17.4. The van der Waals surface area contributed by atoms with Gasteiger partial charge < -0.3 is 10.5 Å². The van der Waals surface area contributed by atoms with Crippen LogP contribution >= 0.6 is 0 Å². The second-order valence-electron chi connectivity index (χ2n) is 5.35. The molecule has 1 aliphatic carbocycles. The largest absolute Gasteiger partial charge is 0.490 e. The minimum Gasteiger partial charge on any atom is -0.490 e. The maximum atomic E-state index is 11.0. The third kappa shape index (κ3) is 2.87. The van der Waals surface area contributed by atoms with Crippen LogP contribution in [0.5, 0.6) is 5.75 Å². The van der Waals surface area contributed by atoms with Crippen molar-refractivity contribution >= 4 is 5.69 Å². The molecule has 5 nitrogen and oxygen atoms in total. The number of rotatable bonds is 5. The molecule has 2 N–H and O–H groups in total. The average Bonchev–Trinajstić information content (AvgIpc) is 2.87. The first-order valence-corrected chi connectivity index (χ1v) is 6.62. The number of hydrogen-bond donors (Lipinski definition) is 1. The molecule has 0 amide bonds. The molecule has 0 bridgehead atoms. The quantitative estimate of drug-likeness (QED) is 0.655. The first kappa shape index (κ1) is 13.8. The van der Waals surface area contributed by atoms with E-state index in [0.717, 1.165) is 24.8 Å². The van der Waals surface area contributed by atoms with Gasteiger partial charge in [0.25, 0.3) is 0 Å². The highest BCUT2D eigenvalue weighted by molar-refractivity contribution is 5.48. The first-order chi connectivity index (χ1) is 9.10. The van der Waals surface area contributed by atoms with Crippen molar-refractivity contribution in [2.24, 2.45) is 11.1 Å². The van der Waals surface area contributed by atoms with Gasteiger partial charge in [0.05, 0.1) is 12.0 Å². The molecule has 1 fully saturated rings. The van der Waals surface area contributed by atoms with Crippen LogP contribution in [0.15, 0.2) is 18.2 Å². The third-order valence-electron chi connectivity index (χ3n) is 4.12. The van der Waals surface area contributed by atoms with Crippen molar-refractivity contribution in [2.75, 3.05) is 13.7 Å². The molecular formula is C14H20N2O3. The van der Waals surface area contributed by atoms with Crippen LogP contribution in [-0.4, -0.2) is 18.6 Å². The van der Waals surface area contributed by atoms with Crippen LogP contribution in [0.2, 0.25) is 0 Å². The molecule has 0 aliphatic heterocycles. The number of methoxy groups -OCH3 is 1. The van der Waals surface area contributed by atoms with E-state index < -0.39 is 4.92 Å². The van der Waals surface area contributed by atoms with E-state index in [1.807, 2.05) is 6.07 Å². The Labute approximate surface area is 112 Å². The SMILES string of the molecule is COc1ccc(CC2(CN)CCCC2)cc1[N+](=O)[O-]. The van der Waals surface area contributed by atoms with Crippen LogP contribution in [0.25, 0.3) is 0 Å². The van der Waals surface area contributed by atoms with Gasteiger partial charge in [0.15, 0.2) is 5.75 Å². The molecule has 1 aromatic rings. The number of nitrogens with two attached hydrogens (primary N) is 1. The van der Waals surface area contributed by atoms with E-state index in [1.54, 1.807) is 12.1 Å². The molecule has 2 rings (SSSR count). The molecule has 1 aromatic carbocycles. The van der Waals surface area contributed by atoms with Crippen LogP contribution < -0.4 is 10.5 Å². The van der Waals surface area contributed by atoms with E-state index in [1.165, 1.54) is 20.0 Å². The summed E-state index contributed by atoms with van der Waals surface area (Å²) in [5, 5.41) is 11.0. The molecule has 0 saturated heterocycles. The summed E-state index contributed by atoms with van der Waals surface area (Å²) in [4.78, 5) is 10.6. The van der Waals surface area contributed by atoms with Crippen molar-refractivity contribution in [3.8, 4) is 5.75 Å². The summed E-state index contributed by atoms with van der Waals surface area (Å²) >= 11 is 0. The van der Waals surface area contributed by atoms with Gasteiger partial charge in [-0.3, -0.25) is 10.1 Å². The second kappa shape index (κ2) is 5.57. The Hall–Kier alpha value is -1.62. The smallest absolute Gasteiger partial charge is 0.311 e. The van der Waals surface area contributed by atoms with Crippen molar-refractivity contribution in [1.29, 1.82) is 0 Å². The Bertz CT molecular complexity index is 468. The molecule has 0 spiro atoms. The lowest BCUT2D eigenvalue weighted by atomic mass is 9.80. The summed E-state index contributed by atoms with van der Waals surface area (Å²) in [6.45, 7) is 0.646. The molecule has 104 valence electrons. The molecule has 19 heavy (non-hydrogen) atoms. The fraction of sp³-hybridized carbons (Fsp3) is 0.571. The van der Waals surface area contributed by atoms with Crippen molar-refractivity contribution in [3.05, 3.63) is 33.9 Å². The fourth-order valence-corrected chi connectivity index (χ4v) is 3.00. The minimum absolute atomic E-state index is 0.0326. The van der Waals surface area contributed by atoms with Crippen molar-refractivity contribution < 1.29 is 9.66 Å². The van der Waals surface area contributed by atoms with Crippen LogP contribution in [0.4, 0.5) is 5.69 Å². The van der Waals surface area contributed by atoms with Crippen LogP contribution in [-0.2, 0) is 6.42 Å². The maximum absolute atomic E-state index is 11.0. The first-order valence-electron chi connectivity index (χ1n) is 6.62. The van der Waals surface area contributed by atoms with Crippen molar-refractivity contribution in [1.82, 2.24) is 0 Å². The number of nitro benzene ring substituents is 1. The zero-order valence-electron chi connectivity index (χ0n) is 11.2. The van der Waals surface area contributed by atoms with E-state index >= 15 is 0 Å². The number of nitrogens with zero attached hydrogens (tertiary/aromatic N) is 1. The van der Waals surface area contributed by atoms with Gasteiger partial charge in [-0.1, -0.05) is 18.9 Å². The average molecular weight is 264 g/mol. The highest BCUT2D eigenvalue weighted by Crippen LogP contribution is 2.41. The summed E-state index contributed by atoms with van der Waals surface area (Å²) in [5.41, 5.74) is 7.04. The number of nitro groups is 1. The van der Waals surface area contributed by atoms with Crippen molar-refractivity contribution in [3.63, 3.8) is 0 Å². The van der Waals surface area contributed by atoms with E-state index in [9.17, 15) is 10.1 Å². The lowest BCUT2D eigenvalue weighted by molar-refractivity contribution is -0.385. The van der Waals surface area contributed by atoms with Gasteiger partial charge in [0, 0.05) is 6.07 Å². The lowest BCUT2D eigenvalue weighted by Gasteiger charge is -2.27. The number of hydrogen-bond acceptors (Lipinski definition) is 4. The summed E-state index contributed by atoms with van der Waals surface area (Å²) in [5.74, 6) is 0.307. The maximum Gasteiger partial charge on any atom is 0.311 e. The van der Waals surface area contributed by atoms with E-state index in [-0.39, 0.29) is 11.1 Å². The van der Waals surface area contributed by atoms with Crippen molar-refractivity contribution in [2.45, 2.75) is 32.1 Å². The molecular weight excluding hydrogens is 244 g/mol. The predicted octanol–water partition coefficient (Wildman–Crippen LogP) is 2.67. The van der Waals surface area contributed by atoms with Gasteiger partial charge in [-0.05, 0) is 42.9 Å². The Morgan fingerprint density at radius 3 is 2.63 bits per heavy atom. The van der Waals surface area contributed by atoms with E-state index in [0.29, 0.717) is 12.3 Å². The number of ether oxygens (including phenoxy) is 1. The minimum atomic E-state index is -0.397. The van der Waals surface area contributed by atoms with Gasteiger partial charge in [0.2, 0.25) is 0 Å². The molecule has 1 aliphatic rings. The highest BCUT2D eigenvalue weighted by atomic mass is 16.6. The molecule has 1 saturated carbocycles. The van der Waals surface area contributed by atoms with Gasteiger partial charge in [-0.15, -0.1) is 0 Å². The molecule has 0 heterocycles. The Morgan fingerprint density at radius 1 is 1.42 bits per heavy atom. The van der Waals surface area contributed by atoms with Gasteiger partial charge in [-0.25, -0.2) is 0 Å². The van der Waals surface area contributed by atoms with Gasteiger partial charge in [0.1, 0.15) is 0 Å². The van der Waals surface area contributed by atoms with Gasteiger partial charge in [-0.2, -0.15) is 0 Å². The zero-order chi connectivity index (χ0) is 13.9. The predicted molar refractivity (Wildman–Crippen MR) is 73.3 cm³/mol. The highest BCUT2D eigenvalue weighted by Gasteiger charge is 2.33. The summed E-state index contributed by atoms with van der Waals surface area (Å²) in [6.07, 6.45) is 5.45. The van der Waals surface area contributed by atoms with Crippen LogP contribution in [0, 0.1) is 15.5 Å². The fourth-order valence-electron chi connectivity index (χ4n) is 3.00. The molecule has 0 unspecified atom stereocenters. The van der Waals surface area contributed by atoms with E-state index in [2.05, 4.69) is 0 Å². The Morgan fingerprint density at radius 2 is 2.11 bits per heavy atom. The summed E-state index contributed by atoms with van der Waals surface area (Å²) < 4.78 is 5.02. The molecule has 0 aromatic heterocycles. The topological polar surface area (TPSA) is 78.4 Å². The summed E-state index contributed by atoms with van der Waals surface area (Å²) in [6, 6.07) is 5.20. The number of benzene rings is 1. The second-order valence-corrected chi connectivity index (χ2v) is 5.35. The van der Waals surface area contributed by atoms with E-state index in [4.69, 9.17) is 10.5 Å². The zero-order valence-corrected chi connectivity index (χ0v) is 11.2. The van der Waals surface area contributed by atoms with Gasteiger partial charge >= 0.3 is 5.69 Å². The Kier molecular flexibility index (Phi) is 4.04. The monoisotopic (exact) mass is 264 g/mol. The third-order valence-corrected chi connectivity index (χ3v) is 4.12.